The number of amides is 1. The maximum absolute atomic E-state index is 12.9. The number of sulfonamides is 1. The first kappa shape index (κ1) is 21.4. The van der Waals surface area contributed by atoms with Gasteiger partial charge in [-0.3, -0.25) is 9.52 Å². The molecule has 0 fully saturated rings. The molecule has 3 aromatic carbocycles. The van der Waals surface area contributed by atoms with Crippen LogP contribution in [0.15, 0.2) is 71.6 Å². The van der Waals surface area contributed by atoms with Crippen molar-refractivity contribution in [1.29, 1.82) is 0 Å². The molecule has 0 radical (unpaired) electrons. The SMILES string of the molecule is O=C(NC1CCc2ccccc21)c1ccc(Cl)c(S(=O)(=O)Nc2cccc(CO)c2)c1. The highest BCUT2D eigenvalue weighted by atomic mass is 35.5. The molecule has 8 heteroatoms. The van der Waals surface area contributed by atoms with Gasteiger partial charge in [0.05, 0.1) is 17.7 Å². The minimum absolute atomic E-state index is 0.00794. The minimum atomic E-state index is -4.04. The molecule has 1 unspecified atom stereocenters. The zero-order valence-electron chi connectivity index (χ0n) is 16.5. The van der Waals surface area contributed by atoms with E-state index in [0.717, 1.165) is 18.4 Å². The summed E-state index contributed by atoms with van der Waals surface area (Å²) in [4.78, 5) is 12.7. The van der Waals surface area contributed by atoms with Gasteiger partial charge in [-0.15, -0.1) is 0 Å². The number of nitrogens with one attached hydrogen (secondary N) is 2. The van der Waals surface area contributed by atoms with Gasteiger partial charge in [-0.25, -0.2) is 8.42 Å². The third-order valence-corrected chi connectivity index (χ3v) is 7.15. The van der Waals surface area contributed by atoms with E-state index >= 15 is 0 Å². The largest absolute Gasteiger partial charge is 0.392 e. The zero-order valence-corrected chi connectivity index (χ0v) is 18.1. The Kier molecular flexibility index (Phi) is 6.00. The standard InChI is InChI=1S/C23H21ClN2O4S/c24-20-10-8-17(23(28)25-21-11-9-16-5-1-2-7-19(16)21)13-22(20)31(29,30)26-18-6-3-4-15(12-18)14-27/h1-8,10,12-13,21,26-27H,9,11,14H2,(H,25,28). The lowest BCUT2D eigenvalue weighted by molar-refractivity contribution is 0.0936. The Hall–Kier alpha value is -2.87. The van der Waals surface area contributed by atoms with E-state index < -0.39 is 10.0 Å². The zero-order chi connectivity index (χ0) is 22.0. The molecule has 6 nitrogen and oxygen atoms in total. The predicted octanol–water partition coefficient (Wildman–Crippen LogP) is 4.05. The van der Waals surface area contributed by atoms with Crippen molar-refractivity contribution >= 4 is 33.2 Å². The molecule has 4 rings (SSSR count). The van der Waals surface area contributed by atoms with Crippen molar-refractivity contribution in [3.05, 3.63) is 94.0 Å². The Morgan fingerprint density at radius 1 is 1.06 bits per heavy atom. The van der Waals surface area contributed by atoms with Gasteiger partial charge in [0, 0.05) is 11.3 Å². The fraction of sp³-hybridized carbons (Fsp3) is 0.174. The van der Waals surface area contributed by atoms with Crippen LogP contribution in [0.3, 0.4) is 0 Å². The second-order valence-corrected chi connectivity index (χ2v) is 9.43. The lowest BCUT2D eigenvalue weighted by atomic mass is 10.1. The van der Waals surface area contributed by atoms with Gasteiger partial charge in [0.15, 0.2) is 0 Å². The Labute approximate surface area is 185 Å². The quantitative estimate of drug-likeness (QED) is 0.521. The molecule has 0 aromatic heterocycles. The molecule has 0 saturated carbocycles. The van der Waals surface area contributed by atoms with Gasteiger partial charge in [-0.2, -0.15) is 0 Å². The summed E-state index contributed by atoms with van der Waals surface area (Å²) in [6.45, 7) is -0.212. The Morgan fingerprint density at radius 2 is 1.87 bits per heavy atom. The van der Waals surface area contributed by atoms with E-state index in [4.69, 9.17) is 11.6 Å². The monoisotopic (exact) mass is 456 g/mol. The number of carbonyl (C=O) groups excluding carboxylic acids is 1. The second-order valence-electron chi connectivity index (χ2n) is 7.37. The van der Waals surface area contributed by atoms with Crippen molar-refractivity contribution in [2.75, 3.05) is 4.72 Å². The molecular formula is C23H21ClN2O4S. The number of halogens is 1. The number of fused-ring (bicyclic) bond motifs is 1. The average molecular weight is 457 g/mol. The lowest BCUT2D eigenvalue weighted by Gasteiger charge is -2.15. The van der Waals surface area contributed by atoms with Gasteiger partial charge in [-0.05, 0) is 59.9 Å². The summed E-state index contributed by atoms with van der Waals surface area (Å²) in [5.74, 6) is -0.364. The highest BCUT2D eigenvalue weighted by Crippen LogP contribution is 2.31. The van der Waals surface area contributed by atoms with Crippen molar-refractivity contribution < 1.29 is 18.3 Å². The maximum Gasteiger partial charge on any atom is 0.263 e. The van der Waals surface area contributed by atoms with E-state index in [0.29, 0.717) is 11.3 Å². The first-order chi connectivity index (χ1) is 14.9. The van der Waals surface area contributed by atoms with Crippen LogP contribution < -0.4 is 10.0 Å². The van der Waals surface area contributed by atoms with E-state index in [1.54, 1.807) is 18.2 Å². The number of anilines is 1. The molecule has 160 valence electrons. The van der Waals surface area contributed by atoms with E-state index in [1.165, 1.54) is 29.8 Å². The van der Waals surface area contributed by atoms with Crippen molar-refractivity contribution in [1.82, 2.24) is 5.32 Å². The molecular weight excluding hydrogens is 436 g/mol. The molecule has 1 aliphatic rings. The Morgan fingerprint density at radius 3 is 2.68 bits per heavy atom. The fourth-order valence-corrected chi connectivity index (χ4v) is 5.32. The van der Waals surface area contributed by atoms with Gasteiger partial charge in [0.25, 0.3) is 15.9 Å². The van der Waals surface area contributed by atoms with Crippen LogP contribution in [0.1, 0.15) is 39.5 Å². The van der Waals surface area contributed by atoms with Crippen molar-refractivity contribution in [2.24, 2.45) is 0 Å². The fourth-order valence-electron chi connectivity index (χ4n) is 3.74. The molecule has 31 heavy (non-hydrogen) atoms. The van der Waals surface area contributed by atoms with Crippen LogP contribution in [0.5, 0.6) is 0 Å². The third kappa shape index (κ3) is 4.58. The third-order valence-electron chi connectivity index (χ3n) is 5.28. The lowest BCUT2D eigenvalue weighted by Crippen LogP contribution is -2.27. The van der Waals surface area contributed by atoms with Crippen molar-refractivity contribution in [3.63, 3.8) is 0 Å². The number of hydrogen-bond acceptors (Lipinski definition) is 4. The molecule has 0 bridgehead atoms. The van der Waals surface area contributed by atoms with Crippen LogP contribution in [-0.4, -0.2) is 19.4 Å². The first-order valence-corrected chi connectivity index (χ1v) is 11.6. The molecule has 0 saturated heterocycles. The molecule has 1 amide bonds. The highest BCUT2D eigenvalue weighted by Gasteiger charge is 2.25. The summed E-state index contributed by atoms with van der Waals surface area (Å²) in [6.07, 6.45) is 1.69. The van der Waals surface area contributed by atoms with Crippen LogP contribution >= 0.6 is 11.6 Å². The number of aliphatic hydroxyl groups excluding tert-OH is 1. The van der Waals surface area contributed by atoms with Gasteiger partial charge >= 0.3 is 0 Å². The smallest absolute Gasteiger partial charge is 0.263 e. The number of benzene rings is 3. The van der Waals surface area contributed by atoms with E-state index in [-0.39, 0.29) is 34.0 Å². The average Bonchev–Trinajstić information content (AvgIpc) is 3.16. The molecule has 0 aliphatic heterocycles. The highest BCUT2D eigenvalue weighted by molar-refractivity contribution is 7.92. The van der Waals surface area contributed by atoms with E-state index in [2.05, 4.69) is 10.0 Å². The normalized spacial score (nSPS) is 15.4. The molecule has 1 aliphatic carbocycles. The Bertz CT molecular complexity index is 1240. The number of hydrogen-bond donors (Lipinski definition) is 3. The summed E-state index contributed by atoms with van der Waals surface area (Å²) in [5.41, 5.74) is 3.36. The molecule has 1 atom stereocenters. The summed E-state index contributed by atoms with van der Waals surface area (Å²) >= 11 is 6.16. The van der Waals surface area contributed by atoms with Crippen LogP contribution in [0.25, 0.3) is 0 Å². The topological polar surface area (TPSA) is 95.5 Å². The summed E-state index contributed by atoms with van der Waals surface area (Å²) in [5, 5.41) is 12.3. The van der Waals surface area contributed by atoms with Crippen molar-refractivity contribution in [3.8, 4) is 0 Å². The van der Waals surface area contributed by atoms with Gasteiger partial charge in [0.1, 0.15) is 4.90 Å². The molecule has 3 N–H and O–H groups in total. The summed E-state index contributed by atoms with van der Waals surface area (Å²) < 4.78 is 28.3. The second kappa shape index (κ2) is 8.70. The number of aryl methyl sites for hydroxylation is 1. The van der Waals surface area contributed by atoms with Gasteiger partial charge in [-0.1, -0.05) is 48.0 Å². The molecule has 3 aromatic rings. The Balaban J connectivity index is 1.57. The van der Waals surface area contributed by atoms with Gasteiger partial charge < -0.3 is 10.4 Å². The number of aliphatic hydroxyl groups is 1. The van der Waals surface area contributed by atoms with Crippen LogP contribution in [-0.2, 0) is 23.1 Å². The number of rotatable bonds is 6. The van der Waals surface area contributed by atoms with Crippen LogP contribution in [0, 0.1) is 0 Å². The first-order valence-electron chi connectivity index (χ1n) is 9.78. The van der Waals surface area contributed by atoms with Gasteiger partial charge in [0.2, 0.25) is 0 Å². The van der Waals surface area contributed by atoms with Crippen LogP contribution in [0.2, 0.25) is 5.02 Å². The van der Waals surface area contributed by atoms with E-state index in [1.807, 2.05) is 24.3 Å². The number of carbonyl (C=O) groups is 1. The molecule has 0 heterocycles. The molecule has 0 spiro atoms. The predicted molar refractivity (Wildman–Crippen MR) is 120 cm³/mol. The van der Waals surface area contributed by atoms with Crippen molar-refractivity contribution in [2.45, 2.75) is 30.4 Å². The summed E-state index contributed by atoms with van der Waals surface area (Å²) in [7, 11) is -4.04. The summed E-state index contributed by atoms with van der Waals surface area (Å²) in [6, 6.07) is 18.4. The maximum atomic E-state index is 12.9. The van der Waals surface area contributed by atoms with Crippen LogP contribution in [0.4, 0.5) is 5.69 Å². The van der Waals surface area contributed by atoms with E-state index in [9.17, 15) is 18.3 Å². The minimum Gasteiger partial charge on any atom is -0.392 e.